The summed E-state index contributed by atoms with van der Waals surface area (Å²) in [5.74, 6) is 0.594. The van der Waals surface area contributed by atoms with Gasteiger partial charge < -0.3 is 13.9 Å². The van der Waals surface area contributed by atoms with Gasteiger partial charge in [-0.1, -0.05) is 28.9 Å². The van der Waals surface area contributed by atoms with Crippen LogP contribution < -0.4 is 19.8 Å². The maximum atomic E-state index is 13.9. The van der Waals surface area contributed by atoms with Crippen LogP contribution in [0.5, 0.6) is 11.5 Å². The number of halogens is 1. The van der Waals surface area contributed by atoms with Crippen LogP contribution in [0.2, 0.25) is 0 Å². The SMILES string of the molecule is CCCOc1ccc(C2c3c(oc4ccc(Br)cc4c3=O)C(=O)N2c2ccc(C(C)=O)cc2)cc1OCC. The normalized spacial score (nSPS) is 14.6. The van der Waals surface area contributed by atoms with Gasteiger partial charge in [0.25, 0.3) is 5.91 Å². The number of benzene rings is 3. The number of Topliss-reactive ketones (excluding diaryl/α,β-unsaturated/α-hetero) is 1. The van der Waals surface area contributed by atoms with Gasteiger partial charge in [0.1, 0.15) is 5.58 Å². The van der Waals surface area contributed by atoms with E-state index in [1.807, 2.05) is 26.0 Å². The zero-order valence-corrected chi connectivity index (χ0v) is 22.8. The van der Waals surface area contributed by atoms with Crippen LogP contribution in [-0.4, -0.2) is 24.9 Å². The monoisotopic (exact) mass is 575 g/mol. The molecule has 8 heteroatoms. The van der Waals surface area contributed by atoms with E-state index in [1.54, 1.807) is 48.5 Å². The summed E-state index contributed by atoms with van der Waals surface area (Å²) in [4.78, 5) is 41.1. The first-order valence-corrected chi connectivity index (χ1v) is 13.2. The lowest BCUT2D eigenvalue weighted by Gasteiger charge is -2.26. The number of carbonyl (C=O) groups is 2. The van der Waals surface area contributed by atoms with Gasteiger partial charge in [-0.15, -0.1) is 0 Å². The number of fused-ring (bicyclic) bond motifs is 2. The van der Waals surface area contributed by atoms with Gasteiger partial charge in [0.2, 0.25) is 5.76 Å². The molecule has 0 radical (unpaired) electrons. The summed E-state index contributed by atoms with van der Waals surface area (Å²) in [6, 6.07) is 16.5. The van der Waals surface area contributed by atoms with Gasteiger partial charge in [-0.05, 0) is 80.4 Å². The third-order valence-electron chi connectivity index (χ3n) is 6.43. The van der Waals surface area contributed by atoms with E-state index in [9.17, 15) is 14.4 Å². The quantitative estimate of drug-likeness (QED) is 0.217. The highest BCUT2D eigenvalue weighted by Crippen LogP contribution is 2.43. The van der Waals surface area contributed by atoms with Crippen molar-refractivity contribution < 1.29 is 23.5 Å². The average Bonchev–Trinajstić information content (AvgIpc) is 3.21. The molecular formula is C30H26BrNO6. The number of nitrogens with zero attached hydrogens (tertiary/aromatic N) is 1. The van der Waals surface area contributed by atoms with Gasteiger partial charge in [0.15, 0.2) is 22.7 Å². The molecule has 7 nitrogen and oxygen atoms in total. The van der Waals surface area contributed by atoms with Crippen LogP contribution in [0.1, 0.15) is 65.3 Å². The summed E-state index contributed by atoms with van der Waals surface area (Å²) in [6.45, 7) is 6.34. The summed E-state index contributed by atoms with van der Waals surface area (Å²) >= 11 is 3.43. The molecule has 1 amide bonds. The summed E-state index contributed by atoms with van der Waals surface area (Å²) in [5.41, 5.74) is 2.02. The van der Waals surface area contributed by atoms with Gasteiger partial charge in [-0.3, -0.25) is 19.3 Å². The Labute approximate surface area is 228 Å². The Hall–Kier alpha value is -3.91. The maximum absolute atomic E-state index is 13.9. The third kappa shape index (κ3) is 4.49. The minimum atomic E-state index is -0.778. The highest BCUT2D eigenvalue weighted by molar-refractivity contribution is 9.10. The molecule has 3 aromatic carbocycles. The average molecular weight is 576 g/mol. The van der Waals surface area contributed by atoms with Gasteiger partial charge in [-0.2, -0.15) is 0 Å². The van der Waals surface area contributed by atoms with Crippen molar-refractivity contribution >= 4 is 44.3 Å². The topological polar surface area (TPSA) is 86.0 Å². The van der Waals surface area contributed by atoms with E-state index >= 15 is 0 Å². The molecular weight excluding hydrogens is 550 g/mol. The lowest BCUT2D eigenvalue weighted by molar-refractivity contribution is 0.0970. The second-order valence-electron chi connectivity index (χ2n) is 8.98. The van der Waals surface area contributed by atoms with Gasteiger partial charge in [-0.25, -0.2) is 0 Å². The molecule has 38 heavy (non-hydrogen) atoms. The maximum Gasteiger partial charge on any atom is 0.295 e. The number of rotatable bonds is 8. The Morgan fingerprint density at radius 3 is 2.42 bits per heavy atom. The zero-order chi connectivity index (χ0) is 27.0. The van der Waals surface area contributed by atoms with E-state index in [4.69, 9.17) is 13.9 Å². The van der Waals surface area contributed by atoms with Crippen molar-refractivity contribution in [1.82, 2.24) is 0 Å². The van der Waals surface area contributed by atoms with Crippen LogP contribution in [-0.2, 0) is 0 Å². The number of hydrogen-bond acceptors (Lipinski definition) is 6. The number of hydrogen-bond donors (Lipinski definition) is 0. The molecule has 4 aromatic rings. The van der Waals surface area contributed by atoms with Crippen molar-refractivity contribution in [1.29, 1.82) is 0 Å². The van der Waals surface area contributed by atoms with E-state index in [0.717, 1.165) is 10.9 Å². The predicted molar refractivity (Wildman–Crippen MR) is 149 cm³/mol. The first-order valence-electron chi connectivity index (χ1n) is 12.4. The molecule has 0 saturated heterocycles. The van der Waals surface area contributed by atoms with Gasteiger partial charge >= 0.3 is 0 Å². The Balaban J connectivity index is 1.74. The highest BCUT2D eigenvalue weighted by atomic mass is 79.9. The summed E-state index contributed by atoms with van der Waals surface area (Å²) < 4.78 is 18.5. The van der Waals surface area contributed by atoms with E-state index in [1.165, 1.54) is 11.8 Å². The minimum Gasteiger partial charge on any atom is -0.490 e. The fourth-order valence-electron chi connectivity index (χ4n) is 4.68. The number of amides is 1. The second-order valence-corrected chi connectivity index (χ2v) is 9.90. The smallest absolute Gasteiger partial charge is 0.295 e. The van der Waals surface area contributed by atoms with E-state index in [2.05, 4.69) is 15.9 Å². The molecule has 1 aromatic heterocycles. The molecule has 5 rings (SSSR count). The molecule has 0 spiro atoms. The largest absolute Gasteiger partial charge is 0.490 e. The Morgan fingerprint density at radius 1 is 0.974 bits per heavy atom. The molecule has 0 fully saturated rings. The Kier molecular flexibility index (Phi) is 7.08. The van der Waals surface area contributed by atoms with Crippen molar-refractivity contribution in [2.24, 2.45) is 0 Å². The molecule has 194 valence electrons. The molecule has 0 aliphatic carbocycles. The van der Waals surface area contributed by atoms with E-state index in [-0.39, 0.29) is 22.5 Å². The number of carbonyl (C=O) groups excluding carboxylic acids is 2. The fourth-order valence-corrected chi connectivity index (χ4v) is 5.04. The minimum absolute atomic E-state index is 0.00487. The lowest BCUT2D eigenvalue weighted by atomic mass is 9.97. The summed E-state index contributed by atoms with van der Waals surface area (Å²) in [5, 5.41) is 0.373. The Bertz CT molecular complexity index is 1610. The van der Waals surface area contributed by atoms with Crippen LogP contribution >= 0.6 is 15.9 Å². The van der Waals surface area contributed by atoms with E-state index in [0.29, 0.717) is 52.5 Å². The van der Waals surface area contributed by atoms with Crippen molar-refractivity contribution in [2.45, 2.75) is 33.2 Å². The molecule has 2 heterocycles. The first kappa shape index (κ1) is 25.7. The number of anilines is 1. The van der Waals surface area contributed by atoms with Crippen LogP contribution in [0.15, 0.2) is 74.3 Å². The van der Waals surface area contributed by atoms with Gasteiger partial charge in [0, 0.05) is 15.7 Å². The first-order chi connectivity index (χ1) is 18.3. The number of ketones is 1. The molecule has 1 aliphatic heterocycles. The standard InChI is InChI=1S/C30H26BrNO6/c1-4-14-37-24-12-8-19(15-25(24)36-5-2)27-26-28(34)22-16-20(31)9-13-23(22)38-29(26)30(35)32(27)21-10-6-18(7-11-21)17(3)33/h6-13,15-16,27H,4-5,14H2,1-3H3. The van der Waals surface area contributed by atoms with Crippen LogP contribution in [0.3, 0.4) is 0 Å². The van der Waals surface area contributed by atoms with E-state index < -0.39 is 11.9 Å². The van der Waals surface area contributed by atoms with Crippen molar-refractivity contribution in [3.8, 4) is 11.5 Å². The van der Waals surface area contributed by atoms with Crippen LogP contribution in [0, 0.1) is 0 Å². The third-order valence-corrected chi connectivity index (χ3v) is 6.92. The van der Waals surface area contributed by atoms with Crippen LogP contribution in [0.25, 0.3) is 11.0 Å². The summed E-state index contributed by atoms with van der Waals surface area (Å²) in [7, 11) is 0. The van der Waals surface area contributed by atoms with Gasteiger partial charge in [0.05, 0.1) is 30.2 Å². The predicted octanol–water partition coefficient (Wildman–Crippen LogP) is 6.70. The Morgan fingerprint density at radius 2 is 1.74 bits per heavy atom. The second kappa shape index (κ2) is 10.5. The molecule has 1 aliphatic rings. The van der Waals surface area contributed by atoms with Crippen molar-refractivity contribution in [2.75, 3.05) is 18.1 Å². The van der Waals surface area contributed by atoms with Crippen molar-refractivity contribution in [3.63, 3.8) is 0 Å². The van der Waals surface area contributed by atoms with Crippen LogP contribution in [0.4, 0.5) is 5.69 Å². The molecule has 0 saturated carbocycles. The molecule has 1 atom stereocenters. The highest BCUT2D eigenvalue weighted by Gasteiger charge is 2.44. The molecule has 0 N–H and O–H groups in total. The zero-order valence-electron chi connectivity index (χ0n) is 21.2. The molecule has 0 bridgehead atoms. The van der Waals surface area contributed by atoms with Crippen molar-refractivity contribution in [3.05, 3.63) is 97.8 Å². The lowest BCUT2D eigenvalue weighted by Crippen LogP contribution is -2.29. The fraction of sp³-hybridized carbons (Fsp3) is 0.233. The molecule has 1 unspecified atom stereocenters. The summed E-state index contributed by atoms with van der Waals surface area (Å²) in [6.07, 6.45) is 0.839. The number of ether oxygens (including phenoxy) is 2.